The zero-order chi connectivity index (χ0) is 28.4. The average molecular weight is 529 g/mol. The molecule has 0 bridgehead atoms. The van der Waals surface area contributed by atoms with E-state index in [2.05, 4.69) is 6.58 Å². The normalized spacial score (nSPS) is 28.7. The van der Waals surface area contributed by atoms with Crippen molar-refractivity contribution in [1.82, 2.24) is 0 Å². The van der Waals surface area contributed by atoms with Crippen LogP contribution in [0.4, 0.5) is 0 Å². The zero-order valence-electron chi connectivity index (χ0n) is 22.2. The highest BCUT2D eigenvalue weighted by molar-refractivity contribution is 7.45. The molecule has 0 heterocycles. The van der Waals surface area contributed by atoms with E-state index in [0.29, 0.717) is 6.42 Å². The first-order chi connectivity index (χ1) is 16.1. The number of rotatable bonds is 7. The Morgan fingerprint density at radius 3 is 2.08 bits per heavy atom. The van der Waals surface area contributed by atoms with E-state index in [1.807, 2.05) is 26.8 Å². The van der Waals surface area contributed by atoms with Gasteiger partial charge in [-0.25, -0.2) is 4.57 Å². The lowest BCUT2D eigenvalue weighted by Crippen LogP contribution is -2.41. The molecule has 0 radical (unpaired) electrons. The van der Waals surface area contributed by atoms with Crippen LogP contribution in [-0.2, 0) is 14.2 Å². The second kappa shape index (κ2) is 11.6. The third kappa shape index (κ3) is 7.49. The number of ketones is 2. The fourth-order valence-electron chi connectivity index (χ4n) is 4.83. The van der Waals surface area contributed by atoms with Crippen molar-refractivity contribution in [3.8, 4) is 0 Å². The van der Waals surface area contributed by atoms with E-state index in [4.69, 9.17) is 19.2 Å². The smallest absolute Gasteiger partial charge is 0.466 e. The predicted octanol–water partition coefficient (Wildman–Crippen LogP) is 4.60. The third-order valence-electron chi connectivity index (χ3n) is 7.05. The van der Waals surface area contributed by atoms with Gasteiger partial charge in [-0.3, -0.25) is 9.59 Å². The molecule has 0 spiro atoms. The molecule has 0 aromatic heterocycles. The van der Waals surface area contributed by atoms with Crippen LogP contribution in [0.1, 0.15) is 74.1 Å². The quantitative estimate of drug-likeness (QED) is 0.157. The van der Waals surface area contributed by atoms with Crippen molar-refractivity contribution in [2.24, 2.45) is 23.2 Å². The van der Waals surface area contributed by atoms with Crippen LogP contribution in [0.15, 0.2) is 46.5 Å². The SMILES string of the molecule is C=C(C)[C@H]1CC[C@](C)(O)[C@@H]1CC1=C(O)C(C)(CC=C(C)C)C(=O)C(C(=O)C(C)C)=C1O.O=P(O)(O)O. The number of phosphoric acid groups is 1. The van der Waals surface area contributed by atoms with E-state index in [0.717, 1.165) is 17.6 Å². The summed E-state index contributed by atoms with van der Waals surface area (Å²) < 4.78 is 8.88. The molecule has 4 atom stereocenters. The molecule has 2 aliphatic rings. The summed E-state index contributed by atoms with van der Waals surface area (Å²) in [4.78, 5) is 47.9. The molecule has 0 aromatic carbocycles. The van der Waals surface area contributed by atoms with Gasteiger partial charge in [-0.1, -0.05) is 37.6 Å². The second-order valence-electron chi connectivity index (χ2n) is 10.9. The summed E-state index contributed by atoms with van der Waals surface area (Å²) in [5, 5.41) is 33.3. The minimum absolute atomic E-state index is 0.0222. The first-order valence-electron chi connectivity index (χ1n) is 11.9. The Morgan fingerprint density at radius 2 is 1.67 bits per heavy atom. The second-order valence-corrected chi connectivity index (χ2v) is 11.9. The Hall–Kier alpha value is -2.03. The van der Waals surface area contributed by atoms with Crippen LogP contribution in [0, 0.1) is 23.2 Å². The van der Waals surface area contributed by atoms with Gasteiger partial charge in [0.25, 0.3) is 0 Å². The summed E-state index contributed by atoms with van der Waals surface area (Å²) >= 11 is 0. The van der Waals surface area contributed by atoms with Crippen molar-refractivity contribution < 1.29 is 44.2 Å². The summed E-state index contributed by atoms with van der Waals surface area (Å²) in [6.07, 6.45) is 3.58. The summed E-state index contributed by atoms with van der Waals surface area (Å²) in [5.41, 5.74) is -0.480. The molecular formula is C26H41O9P. The highest BCUT2D eigenvalue weighted by atomic mass is 31.2. The van der Waals surface area contributed by atoms with E-state index in [1.165, 1.54) is 0 Å². The average Bonchev–Trinajstić information content (AvgIpc) is 3.01. The number of carbonyl (C=O) groups excluding carboxylic acids is 2. The highest BCUT2D eigenvalue weighted by Crippen LogP contribution is 2.50. The van der Waals surface area contributed by atoms with Gasteiger partial charge < -0.3 is 30.0 Å². The molecule has 0 aromatic rings. The van der Waals surface area contributed by atoms with Gasteiger partial charge in [-0.15, -0.1) is 0 Å². The van der Waals surface area contributed by atoms with E-state index >= 15 is 0 Å². The van der Waals surface area contributed by atoms with Crippen LogP contribution >= 0.6 is 7.82 Å². The number of carbonyl (C=O) groups is 2. The fourth-order valence-corrected chi connectivity index (χ4v) is 4.83. The Morgan fingerprint density at radius 1 is 1.17 bits per heavy atom. The van der Waals surface area contributed by atoms with Gasteiger partial charge >= 0.3 is 7.82 Å². The molecule has 2 rings (SSSR count). The van der Waals surface area contributed by atoms with E-state index in [9.17, 15) is 24.9 Å². The molecule has 10 heteroatoms. The van der Waals surface area contributed by atoms with Crippen LogP contribution in [0.3, 0.4) is 0 Å². The summed E-state index contributed by atoms with van der Waals surface area (Å²) in [5.74, 6) is -2.40. The van der Waals surface area contributed by atoms with Gasteiger partial charge in [-0.2, -0.15) is 0 Å². The predicted molar refractivity (Wildman–Crippen MR) is 137 cm³/mol. The Kier molecular flexibility index (Phi) is 10.3. The van der Waals surface area contributed by atoms with Gasteiger partial charge in [0, 0.05) is 11.5 Å². The molecular weight excluding hydrogens is 487 g/mol. The van der Waals surface area contributed by atoms with Crippen molar-refractivity contribution in [1.29, 1.82) is 0 Å². The van der Waals surface area contributed by atoms with E-state index in [-0.39, 0.29) is 41.6 Å². The van der Waals surface area contributed by atoms with Gasteiger partial charge in [0.05, 0.1) is 11.0 Å². The molecule has 0 aliphatic heterocycles. The van der Waals surface area contributed by atoms with Gasteiger partial charge in [-0.05, 0) is 72.1 Å². The molecule has 204 valence electrons. The van der Waals surface area contributed by atoms with Gasteiger partial charge in [0.15, 0.2) is 11.6 Å². The number of aliphatic hydroxyl groups is 3. The lowest BCUT2D eigenvalue weighted by molar-refractivity contribution is -0.128. The van der Waals surface area contributed by atoms with Crippen LogP contribution in [0.25, 0.3) is 0 Å². The molecule has 1 unspecified atom stereocenters. The summed E-state index contributed by atoms with van der Waals surface area (Å²) in [6, 6.07) is 0. The number of aliphatic hydroxyl groups excluding tert-OH is 2. The standard InChI is InChI=1S/C26H38O5.H3O4P/c1-14(2)9-11-25(7)23(29)18(22(28)20(24(25)30)21(27)16(5)6)13-19-17(15(3)4)10-12-26(19,8)31;1-5(2,3)4/h9,16-17,19,28-29,31H,3,10-13H2,1-2,4-8H3;(H3,1,2,3,4)/t17-,19-,25?,26+;/m1./s1. The molecule has 0 amide bonds. The number of Topliss-reactive ketones (excluding diaryl/α,β-unsaturated/α-hetero) is 2. The van der Waals surface area contributed by atoms with Crippen LogP contribution in [-0.4, -0.2) is 47.2 Å². The maximum absolute atomic E-state index is 13.4. The van der Waals surface area contributed by atoms with E-state index < -0.39 is 42.1 Å². The molecule has 2 aliphatic carbocycles. The number of hydrogen-bond donors (Lipinski definition) is 6. The summed E-state index contributed by atoms with van der Waals surface area (Å²) in [6.45, 7) is 16.5. The van der Waals surface area contributed by atoms with Gasteiger partial charge in [0.1, 0.15) is 17.1 Å². The van der Waals surface area contributed by atoms with E-state index in [1.54, 1.807) is 27.7 Å². The minimum atomic E-state index is -4.64. The fraction of sp³-hybridized carbons (Fsp3) is 0.615. The van der Waals surface area contributed by atoms with Crippen LogP contribution in [0.2, 0.25) is 0 Å². The van der Waals surface area contributed by atoms with Gasteiger partial charge in [0.2, 0.25) is 0 Å². The van der Waals surface area contributed by atoms with Crippen molar-refractivity contribution in [3.63, 3.8) is 0 Å². The van der Waals surface area contributed by atoms with Crippen molar-refractivity contribution in [2.45, 2.75) is 79.8 Å². The molecule has 1 fully saturated rings. The highest BCUT2D eigenvalue weighted by Gasteiger charge is 2.51. The molecule has 6 N–H and O–H groups in total. The third-order valence-corrected chi connectivity index (χ3v) is 7.05. The van der Waals surface area contributed by atoms with Crippen LogP contribution < -0.4 is 0 Å². The molecule has 36 heavy (non-hydrogen) atoms. The Balaban J connectivity index is 0.00000118. The maximum atomic E-state index is 13.4. The van der Waals surface area contributed by atoms with Crippen molar-refractivity contribution in [2.75, 3.05) is 0 Å². The van der Waals surface area contributed by atoms with Crippen molar-refractivity contribution in [3.05, 3.63) is 46.5 Å². The van der Waals surface area contributed by atoms with Crippen molar-refractivity contribution >= 4 is 19.4 Å². The molecule has 9 nitrogen and oxygen atoms in total. The number of allylic oxidation sites excluding steroid dienone is 6. The number of hydrogen-bond acceptors (Lipinski definition) is 6. The maximum Gasteiger partial charge on any atom is 0.466 e. The minimum Gasteiger partial charge on any atom is -0.511 e. The first kappa shape index (κ1) is 32.0. The molecule has 1 saturated carbocycles. The monoisotopic (exact) mass is 528 g/mol. The topological polar surface area (TPSA) is 173 Å². The zero-order valence-corrected chi connectivity index (χ0v) is 23.1. The lowest BCUT2D eigenvalue weighted by Gasteiger charge is -2.37. The summed E-state index contributed by atoms with van der Waals surface area (Å²) in [7, 11) is -4.64. The van der Waals surface area contributed by atoms with Crippen LogP contribution in [0.5, 0.6) is 0 Å². The Labute approximate surface area is 213 Å². The Bertz CT molecular complexity index is 1030. The molecule has 0 saturated heterocycles. The lowest BCUT2D eigenvalue weighted by atomic mass is 9.67. The largest absolute Gasteiger partial charge is 0.511 e. The first-order valence-corrected chi connectivity index (χ1v) is 13.5.